The van der Waals surface area contributed by atoms with Gasteiger partial charge in [0.1, 0.15) is 6.10 Å². The summed E-state index contributed by atoms with van der Waals surface area (Å²) in [5.41, 5.74) is 1.69. The minimum atomic E-state index is 0.0101. The maximum absolute atomic E-state index is 12.8. The molecule has 0 radical (unpaired) electrons. The molecule has 3 heterocycles. The molecule has 1 amide bonds. The van der Waals surface area contributed by atoms with Gasteiger partial charge in [0.05, 0.1) is 18.8 Å². The number of pyridine rings is 1. The van der Waals surface area contributed by atoms with E-state index in [0.29, 0.717) is 24.5 Å². The van der Waals surface area contributed by atoms with Crippen molar-refractivity contribution in [1.29, 1.82) is 0 Å². The van der Waals surface area contributed by atoms with E-state index in [1.807, 2.05) is 29.2 Å². The van der Waals surface area contributed by atoms with Gasteiger partial charge in [0, 0.05) is 62.0 Å². The van der Waals surface area contributed by atoms with Crippen LogP contribution in [0.3, 0.4) is 0 Å². The van der Waals surface area contributed by atoms with E-state index in [2.05, 4.69) is 9.88 Å². The number of nitrogens with zero attached hydrogens (tertiary/aromatic N) is 3. The Morgan fingerprint density at radius 1 is 1.11 bits per heavy atom. The van der Waals surface area contributed by atoms with Gasteiger partial charge < -0.3 is 19.3 Å². The number of amides is 1. The number of piperazine rings is 1. The van der Waals surface area contributed by atoms with Crippen molar-refractivity contribution in [3.63, 3.8) is 0 Å². The first-order chi connectivity index (χ1) is 13.7. The molecule has 1 aromatic carbocycles. The first-order valence-corrected chi connectivity index (χ1v) is 10.1. The molecule has 0 N–H and O–H groups in total. The van der Waals surface area contributed by atoms with E-state index in [1.165, 1.54) is 0 Å². The van der Waals surface area contributed by atoms with Crippen LogP contribution in [0.2, 0.25) is 5.02 Å². The van der Waals surface area contributed by atoms with Crippen molar-refractivity contribution in [3.05, 3.63) is 53.2 Å². The van der Waals surface area contributed by atoms with Crippen LogP contribution in [-0.4, -0.2) is 61.3 Å². The van der Waals surface area contributed by atoms with Gasteiger partial charge >= 0.3 is 0 Å². The molecule has 2 aromatic rings. The van der Waals surface area contributed by atoms with Gasteiger partial charge in [0.2, 0.25) is 5.88 Å². The number of hydrogen-bond donors (Lipinski definition) is 0. The van der Waals surface area contributed by atoms with E-state index >= 15 is 0 Å². The molecule has 28 heavy (non-hydrogen) atoms. The number of halogens is 1. The lowest BCUT2D eigenvalue weighted by atomic mass is 10.1. The number of rotatable bonds is 4. The zero-order valence-electron chi connectivity index (χ0n) is 15.7. The van der Waals surface area contributed by atoms with Crippen LogP contribution < -0.4 is 9.64 Å². The molecular formula is C21H24ClN3O3. The van der Waals surface area contributed by atoms with Gasteiger partial charge in [-0.1, -0.05) is 17.7 Å². The Balaban J connectivity index is 1.32. The second-order valence-corrected chi connectivity index (χ2v) is 7.51. The minimum Gasteiger partial charge on any atom is -0.474 e. The first kappa shape index (κ1) is 19.0. The SMILES string of the molecule is O=C(c1ccc(OC2CCOCC2)nc1)N1CCN(c2cccc(Cl)c2)CC1. The molecule has 1 aromatic heterocycles. The lowest BCUT2D eigenvalue weighted by Crippen LogP contribution is -2.48. The highest BCUT2D eigenvalue weighted by Gasteiger charge is 2.23. The Morgan fingerprint density at radius 3 is 2.57 bits per heavy atom. The van der Waals surface area contributed by atoms with E-state index < -0.39 is 0 Å². The summed E-state index contributed by atoms with van der Waals surface area (Å²) in [5.74, 6) is 0.574. The molecule has 4 rings (SSSR count). The van der Waals surface area contributed by atoms with Gasteiger partial charge in [0.15, 0.2) is 0 Å². The maximum Gasteiger partial charge on any atom is 0.255 e. The first-order valence-electron chi connectivity index (χ1n) is 9.69. The van der Waals surface area contributed by atoms with Gasteiger partial charge in [-0.25, -0.2) is 4.98 Å². The molecule has 2 aliphatic heterocycles. The van der Waals surface area contributed by atoms with E-state index in [-0.39, 0.29) is 12.0 Å². The summed E-state index contributed by atoms with van der Waals surface area (Å²) in [6, 6.07) is 11.4. The van der Waals surface area contributed by atoms with Crippen LogP contribution in [0, 0.1) is 0 Å². The monoisotopic (exact) mass is 401 g/mol. The number of anilines is 1. The zero-order valence-corrected chi connectivity index (χ0v) is 16.5. The predicted octanol–water partition coefficient (Wildman–Crippen LogP) is 3.26. The largest absolute Gasteiger partial charge is 0.474 e. The lowest BCUT2D eigenvalue weighted by molar-refractivity contribution is 0.0237. The summed E-state index contributed by atoms with van der Waals surface area (Å²) in [6.07, 6.45) is 3.50. The van der Waals surface area contributed by atoms with Gasteiger partial charge in [-0.2, -0.15) is 0 Å². The van der Waals surface area contributed by atoms with Gasteiger partial charge in [-0.3, -0.25) is 4.79 Å². The second-order valence-electron chi connectivity index (χ2n) is 7.07. The number of carbonyl (C=O) groups excluding carboxylic acids is 1. The van der Waals surface area contributed by atoms with Crippen molar-refractivity contribution in [2.45, 2.75) is 18.9 Å². The number of carbonyl (C=O) groups is 1. The molecule has 6 nitrogen and oxygen atoms in total. The zero-order chi connectivity index (χ0) is 19.3. The fraction of sp³-hybridized carbons (Fsp3) is 0.429. The van der Waals surface area contributed by atoms with Crippen LogP contribution in [0.4, 0.5) is 5.69 Å². The van der Waals surface area contributed by atoms with Crippen molar-refractivity contribution in [2.75, 3.05) is 44.3 Å². The molecule has 0 saturated carbocycles. The molecule has 0 atom stereocenters. The van der Waals surface area contributed by atoms with Crippen molar-refractivity contribution >= 4 is 23.2 Å². The number of hydrogen-bond acceptors (Lipinski definition) is 5. The third-order valence-corrected chi connectivity index (χ3v) is 5.41. The van der Waals surface area contributed by atoms with Crippen molar-refractivity contribution in [3.8, 4) is 5.88 Å². The van der Waals surface area contributed by atoms with Crippen LogP contribution in [0.25, 0.3) is 0 Å². The third kappa shape index (κ3) is 4.56. The Bertz CT molecular complexity index is 801. The van der Waals surface area contributed by atoms with Crippen LogP contribution >= 0.6 is 11.6 Å². The molecule has 2 saturated heterocycles. The van der Waals surface area contributed by atoms with E-state index in [4.69, 9.17) is 21.1 Å². The Morgan fingerprint density at radius 2 is 1.89 bits per heavy atom. The van der Waals surface area contributed by atoms with Gasteiger partial charge in [-0.05, 0) is 24.3 Å². The van der Waals surface area contributed by atoms with Crippen LogP contribution in [0.5, 0.6) is 5.88 Å². The highest BCUT2D eigenvalue weighted by atomic mass is 35.5. The van der Waals surface area contributed by atoms with E-state index in [0.717, 1.165) is 49.9 Å². The quantitative estimate of drug-likeness (QED) is 0.787. The maximum atomic E-state index is 12.8. The molecule has 7 heteroatoms. The Hall–Kier alpha value is -2.31. The van der Waals surface area contributed by atoms with Crippen LogP contribution in [-0.2, 0) is 4.74 Å². The second kappa shape index (κ2) is 8.80. The fourth-order valence-electron chi connectivity index (χ4n) is 3.56. The van der Waals surface area contributed by atoms with Gasteiger partial charge in [0.25, 0.3) is 5.91 Å². The minimum absolute atomic E-state index is 0.0101. The van der Waals surface area contributed by atoms with Crippen molar-refractivity contribution in [1.82, 2.24) is 9.88 Å². The predicted molar refractivity (Wildman–Crippen MR) is 108 cm³/mol. The molecule has 0 bridgehead atoms. The smallest absolute Gasteiger partial charge is 0.255 e. The number of ether oxygens (including phenoxy) is 2. The summed E-state index contributed by atoms with van der Waals surface area (Å²) in [6.45, 7) is 4.36. The number of aromatic nitrogens is 1. The molecule has 0 spiro atoms. The molecule has 0 unspecified atom stereocenters. The summed E-state index contributed by atoms with van der Waals surface area (Å²) in [5, 5.41) is 0.727. The lowest BCUT2D eigenvalue weighted by Gasteiger charge is -2.36. The highest BCUT2D eigenvalue weighted by molar-refractivity contribution is 6.30. The van der Waals surface area contributed by atoms with Crippen molar-refractivity contribution < 1.29 is 14.3 Å². The highest BCUT2D eigenvalue weighted by Crippen LogP contribution is 2.22. The van der Waals surface area contributed by atoms with Gasteiger partial charge in [-0.15, -0.1) is 0 Å². The third-order valence-electron chi connectivity index (χ3n) is 5.18. The average Bonchev–Trinajstić information content (AvgIpc) is 2.75. The van der Waals surface area contributed by atoms with Crippen LogP contribution in [0.15, 0.2) is 42.6 Å². The summed E-state index contributed by atoms with van der Waals surface area (Å²) < 4.78 is 11.2. The molecule has 2 fully saturated rings. The topological polar surface area (TPSA) is 54.9 Å². The molecule has 0 aliphatic carbocycles. The standard InChI is InChI=1S/C21H24ClN3O3/c22-17-2-1-3-18(14-17)24-8-10-25(11-9-24)21(26)16-4-5-20(23-15-16)28-19-6-12-27-13-7-19/h1-5,14-15,19H,6-13H2. The molecule has 148 valence electrons. The summed E-state index contributed by atoms with van der Waals surface area (Å²) in [7, 11) is 0. The van der Waals surface area contributed by atoms with Crippen molar-refractivity contribution in [2.24, 2.45) is 0 Å². The Kier molecular flexibility index (Phi) is 5.98. The van der Waals surface area contributed by atoms with E-state index in [9.17, 15) is 4.79 Å². The molecule has 2 aliphatic rings. The normalized spacial score (nSPS) is 18.2. The van der Waals surface area contributed by atoms with Crippen LogP contribution in [0.1, 0.15) is 23.2 Å². The Labute approximate surface area is 170 Å². The molecular weight excluding hydrogens is 378 g/mol. The fourth-order valence-corrected chi connectivity index (χ4v) is 3.75. The van der Waals surface area contributed by atoms with E-state index in [1.54, 1.807) is 18.3 Å². The summed E-state index contributed by atoms with van der Waals surface area (Å²) in [4.78, 5) is 21.2. The summed E-state index contributed by atoms with van der Waals surface area (Å²) >= 11 is 6.08. The average molecular weight is 402 g/mol. The number of benzene rings is 1.